The third-order valence-electron chi connectivity index (χ3n) is 21.5. The van der Waals surface area contributed by atoms with E-state index in [1.54, 1.807) is 101 Å². The summed E-state index contributed by atoms with van der Waals surface area (Å²) in [4.78, 5) is 188. The average molecular weight is 1690 g/mol. The zero-order valence-electron chi connectivity index (χ0n) is 71.5. The number of phenols is 1. The van der Waals surface area contributed by atoms with E-state index in [2.05, 4.69) is 97.2 Å². The highest BCUT2D eigenvalue weighted by Gasteiger charge is 2.42. The van der Waals surface area contributed by atoms with E-state index in [1.165, 1.54) is 49.1 Å². The molecular formula is C90H126N14O16S. The van der Waals surface area contributed by atoms with Crippen LogP contribution in [0, 0.1) is 17.8 Å². The molecule has 1 aliphatic heterocycles. The maximum atomic E-state index is 15.1. The van der Waals surface area contributed by atoms with Gasteiger partial charge in [-0.05, 0) is 162 Å². The molecule has 1 fully saturated rings. The Labute approximate surface area is 714 Å². The van der Waals surface area contributed by atoms with Gasteiger partial charge in [-0.1, -0.05) is 175 Å². The number of nitrogens with zero attached hydrogens (tertiary/aromatic N) is 1. The number of methoxy groups -OCH3 is 1. The minimum absolute atomic E-state index is 0.0405. The number of H-pyrrole nitrogens is 1. The Morgan fingerprint density at radius 1 is 0.595 bits per heavy atom. The van der Waals surface area contributed by atoms with Crippen LogP contribution in [0.4, 0.5) is 0 Å². The summed E-state index contributed by atoms with van der Waals surface area (Å²) in [7, 11) is 1.20. The van der Waals surface area contributed by atoms with Crippen LogP contribution in [0.15, 0.2) is 145 Å². The number of rotatable bonds is 50. The Hall–Kier alpha value is -11.2. The Morgan fingerprint density at radius 2 is 1.17 bits per heavy atom. The molecule has 30 nitrogen and oxygen atoms in total. The molecule has 17 N–H and O–H groups in total. The number of hydrogen-bond acceptors (Lipinski definition) is 18. The molecule has 0 saturated carbocycles. The van der Waals surface area contributed by atoms with Crippen LogP contribution in [-0.2, 0) is 86.3 Å². The zero-order valence-corrected chi connectivity index (χ0v) is 72.4. The Morgan fingerprint density at radius 3 is 1.79 bits per heavy atom. The van der Waals surface area contributed by atoms with Gasteiger partial charge in [-0.2, -0.15) is 11.8 Å². The van der Waals surface area contributed by atoms with Crippen LogP contribution in [0.2, 0.25) is 0 Å². The number of aromatic nitrogens is 1. The van der Waals surface area contributed by atoms with Crippen LogP contribution >= 0.6 is 11.8 Å². The van der Waals surface area contributed by atoms with E-state index < -0.39 is 174 Å². The average Bonchev–Trinajstić information content (AvgIpc) is 1.70. The molecule has 658 valence electrons. The molecular weight excluding hydrogens is 1570 g/mol. The lowest BCUT2D eigenvalue weighted by atomic mass is 9.94. The van der Waals surface area contributed by atoms with Gasteiger partial charge in [-0.25, -0.2) is 4.79 Å². The molecule has 5 aromatic rings. The van der Waals surface area contributed by atoms with Crippen molar-refractivity contribution in [2.45, 2.75) is 232 Å². The molecule has 4 aromatic carbocycles. The quantitative estimate of drug-likeness (QED) is 0.0112. The van der Waals surface area contributed by atoms with Crippen LogP contribution in [0.3, 0.4) is 0 Å². The van der Waals surface area contributed by atoms with Crippen molar-refractivity contribution < 1.29 is 77.3 Å². The largest absolute Gasteiger partial charge is 0.508 e. The lowest BCUT2D eigenvalue weighted by Gasteiger charge is -2.30. The number of carbonyl (C=O) groups is 13. The first-order valence-corrected chi connectivity index (χ1v) is 43.0. The van der Waals surface area contributed by atoms with Crippen molar-refractivity contribution in [3.05, 3.63) is 167 Å². The molecule has 1 aromatic heterocycles. The number of likely N-dealkylation sites (tertiary alicyclic amines) is 1. The normalized spacial score (nSPS) is 15.8. The first kappa shape index (κ1) is 98.6. The predicted octanol–water partition coefficient (Wildman–Crippen LogP) is 6.53. The number of thioether (sulfide) groups is 1. The minimum atomic E-state index is -1.82. The van der Waals surface area contributed by atoms with Crippen LogP contribution < -0.4 is 64.6 Å². The summed E-state index contributed by atoms with van der Waals surface area (Å²) < 4.78 is 5.08. The number of carboxylic acid groups (broad SMARTS) is 1. The number of esters is 1. The van der Waals surface area contributed by atoms with Gasteiger partial charge in [0, 0.05) is 48.0 Å². The molecule has 121 heavy (non-hydrogen) atoms. The van der Waals surface area contributed by atoms with E-state index in [9.17, 15) is 63.0 Å². The monoisotopic (exact) mass is 1690 g/mol. The number of ether oxygens (including phenoxy) is 1. The standard InChI is InChI=1S/C90H126N14O16S/c1-12-57(8)78(103-88(117)79(58(9)13-2)102-81(110)67(92)47-61-39-41-65(105)42-40-61)87(116)96-69(37-22-23-44-91)82(111)94-52-75(106)101-77(55(5)6)86(115)98-70(48-60-30-16-14-17-31-60)83(112)97-71(49-64-51-93-68-36-21-20-35-66(64)68)84(113)99-72(50-76(107)108)89(118)104-45-26-38-74(104)85(114)95-59(10)80(109)100-73(90(119)120-11)53-121-46-43-63(62-32-18-15-19-33-62)34-25-29-56(7)28-24-27-54(3)4/h14-21,27,29-33,35-36,39-43,51,55,57-59,67,69-74,77-79,93,105H,12-13,22-26,28,34,37-38,44-50,52-53,91-92H2,1-11H3,(H,94,111)(H,95,114)(H,96,116)(H,97,112)(H,98,115)(H,99,113)(H,100,109)(H,101,106)(H,102,110)(H,103,117)(H,107,108)/b56-29+,63-43-/t57-,58-,59-,67-,69-,70-,71-,72-,73-,74-,77-,78-,79-/m0/s1. The molecule has 0 aliphatic carbocycles. The topological polar surface area (TPSA) is 463 Å². The van der Waals surface area contributed by atoms with E-state index >= 15 is 9.59 Å². The van der Waals surface area contributed by atoms with Gasteiger partial charge in [0.2, 0.25) is 65.0 Å². The van der Waals surface area contributed by atoms with Crippen molar-refractivity contribution in [3.8, 4) is 5.75 Å². The lowest BCUT2D eigenvalue weighted by Crippen LogP contribution is -2.61. The molecule has 1 saturated heterocycles. The number of amides is 11. The van der Waals surface area contributed by atoms with E-state index in [0.717, 1.165) is 41.7 Å². The van der Waals surface area contributed by atoms with E-state index in [-0.39, 0.29) is 63.1 Å². The molecule has 0 radical (unpaired) electrons. The van der Waals surface area contributed by atoms with E-state index in [4.69, 9.17) is 16.2 Å². The number of para-hydroxylation sites is 1. The number of carbonyl (C=O) groups excluding carboxylic acids is 12. The van der Waals surface area contributed by atoms with Gasteiger partial charge < -0.3 is 89.5 Å². The molecule has 31 heteroatoms. The second-order valence-corrected chi connectivity index (χ2v) is 32.7. The number of benzene rings is 4. The van der Waals surface area contributed by atoms with Crippen LogP contribution in [0.5, 0.6) is 5.75 Å². The number of fused-ring (bicyclic) bond motifs is 1. The second-order valence-electron chi connectivity index (χ2n) is 31.7. The summed E-state index contributed by atoms with van der Waals surface area (Å²) in [6.07, 6.45) is 12.6. The fraction of sp³-hybridized carbons (Fsp3) is 0.500. The van der Waals surface area contributed by atoms with Gasteiger partial charge in [0.1, 0.15) is 66.2 Å². The molecule has 13 atom stereocenters. The van der Waals surface area contributed by atoms with E-state index in [0.29, 0.717) is 59.0 Å². The summed E-state index contributed by atoms with van der Waals surface area (Å²) >= 11 is 1.41. The Balaban J connectivity index is 1.14. The summed E-state index contributed by atoms with van der Waals surface area (Å²) in [5.74, 6) is -11.9. The molecule has 6 rings (SSSR count). The minimum Gasteiger partial charge on any atom is -0.508 e. The highest BCUT2D eigenvalue weighted by molar-refractivity contribution is 7.99. The molecule has 11 amide bonds. The predicted molar refractivity (Wildman–Crippen MR) is 467 cm³/mol. The number of aromatic hydroxyl groups is 1. The highest BCUT2D eigenvalue weighted by atomic mass is 32.2. The molecule has 0 bridgehead atoms. The van der Waals surface area contributed by atoms with Gasteiger partial charge in [-0.3, -0.25) is 57.5 Å². The number of unbranched alkanes of at least 4 members (excludes halogenated alkanes) is 1. The van der Waals surface area contributed by atoms with Crippen molar-refractivity contribution in [1.29, 1.82) is 0 Å². The first-order chi connectivity index (χ1) is 57.7. The van der Waals surface area contributed by atoms with Crippen molar-refractivity contribution in [1.82, 2.24) is 63.1 Å². The smallest absolute Gasteiger partial charge is 0.329 e. The fourth-order valence-corrected chi connectivity index (χ4v) is 14.9. The zero-order chi connectivity index (χ0) is 88.8. The maximum Gasteiger partial charge on any atom is 0.329 e. The fourth-order valence-electron chi connectivity index (χ4n) is 13.9. The van der Waals surface area contributed by atoms with Gasteiger partial charge in [0.25, 0.3) is 0 Å². The summed E-state index contributed by atoms with van der Waals surface area (Å²) in [6, 6.07) is 17.4. The highest BCUT2D eigenvalue weighted by Crippen LogP contribution is 2.26. The Kier molecular flexibility index (Phi) is 41.4. The molecule has 2 heterocycles. The number of phenolic OH excluding ortho intramolecular Hbond substituents is 1. The van der Waals surface area contributed by atoms with Crippen molar-refractivity contribution in [2.24, 2.45) is 29.2 Å². The lowest BCUT2D eigenvalue weighted by molar-refractivity contribution is -0.146. The Bertz CT molecular complexity index is 4380. The van der Waals surface area contributed by atoms with Crippen LogP contribution in [-0.4, -0.2) is 202 Å². The maximum absolute atomic E-state index is 15.1. The van der Waals surface area contributed by atoms with Crippen molar-refractivity contribution in [3.63, 3.8) is 0 Å². The molecule has 0 spiro atoms. The third kappa shape index (κ3) is 32.4. The number of allylic oxidation sites excluding steroid dienone is 5. The first-order valence-electron chi connectivity index (χ1n) is 41.8. The number of aliphatic carboxylic acids is 1. The SMILES string of the molecule is CC[C@H](C)[C@H](NC(=O)[C@@H](NC(=O)[C@@H](N)Cc1ccc(O)cc1)[C@@H](C)CC)C(=O)N[C@@H](CCCCN)C(=O)NCC(=O)N[C@H](C(=O)N[C@@H](Cc1ccccc1)C(=O)N[C@@H](Cc1c[nH]c2ccccc12)C(=O)N[C@@H](CC(=O)O)C(=O)N1CCC[C@H]1C(=O)N[C@@H](C)C(=O)N[C@@H](CSC/C=C(/CC/C=C(\C)CCC=C(C)C)c1ccccc1)C(=O)OC)C(C)C. The number of nitrogens with two attached hydrogens (primary N) is 2. The number of aromatic amines is 1. The van der Waals surface area contributed by atoms with Crippen LogP contribution in [0.1, 0.15) is 169 Å². The molecule has 1 aliphatic rings. The van der Waals surface area contributed by atoms with Gasteiger partial charge >= 0.3 is 11.9 Å². The van der Waals surface area contributed by atoms with Crippen molar-refractivity contribution in [2.75, 3.05) is 38.2 Å². The third-order valence-corrected chi connectivity index (χ3v) is 22.5. The molecule has 0 unspecified atom stereocenters. The van der Waals surface area contributed by atoms with Gasteiger partial charge in [0.05, 0.1) is 26.1 Å². The number of hydrogen-bond donors (Lipinski definition) is 15. The number of nitrogens with one attached hydrogen (secondary N) is 11. The number of carboxylic acids is 1. The summed E-state index contributed by atoms with van der Waals surface area (Å²) in [5.41, 5.74) is 19.3. The van der Waals surface area contributed by atoms with E-state index in [1.807, 2.05) is 44.2 Å². The van der Waals surface area contributed by atoms with Crippen molar-refractivity contribution >= 4 is 105 Å². The second kappa shape index (κ2) is 50.8. The van der Waals surface area contributed by atoms with Gasteiger partial charge in [0.15, 0.2) is 0 Å². The van der Waals surface area contributed by atoms with Crippen LogP contribution in [0.25, 0.3) is 16.5 Å². The van der Waals surface area contributed by atoms with Gasteiger partial charge in [-0.15, -0.1) is 0 Å². The summed E-state index contributed by atoms with van der Waals surface area (Å²) in [6.45, 7) is 17.6. The summed E-state index contributed by atoms with van der Waals surface area (Å²) in [5, 5.41) is 47.7.